The van der Waals surface area contributed by atoms with E-state index in [4.69, 9.17) is 0 Å². The lowest BCUT2D eigenvalue weighted by Gasteiger charge is -2.45. The number of benzene rings is 1. The van der Waals surface area contributed by atoms with Crippen LogP contribution in [0.1, 0.15) is 19.3 Å². The van der Waals surface area contributed by atoms with Gasteiger partial charge in [0.15, 0.2) is 0 Å². The number of sulfonamides is 1. The first-order valence-electron chi connectivity index (χ1n) is 10.4. The number of piperidine rings is 1. The molecule has 3 aliphatic rings. The molecule has 2 saturated heterocycles. The van der Waals surface area contributed by atoms with Gasteiger partial charge in [0, 0.05) is 27.7 Å². The molecule has 0 saturated carbocycles. The molecule has 0 radical (unpaired) electrons. The van der Waals surface area contributed by atoms with Crippen LogP contribution in [-0.4, -0.2) is 88.1 Å². The second kappa shape index (κ2) is 8.17. The third-order valence-corrected chi connectivity index (χ3v) is 7.71. The molecule has 0 bridgehead atoms. The number of guanidine groups is 1. The zero-order valence-electron chi connectivity index (χ0n) is 18.2. The number of hydrogen-bond acceptors (Lipinski definition) is 6. The van der Waals surface area contributed by atoms with Crippen LogP contribution in [0.4, 0.5) is 11.4 Å². The molecule has 0 aromatic heterocycles. The van der Waals surface area contributed by atoms with Gasteiger partial charge in [0.25, 0.3) is 5.91 Å². The van der Waals surface area contributed by atoms with Gasteiger partial charge in [0.05, 0.1) is 22.8 Å². The highest BCUT2D eigenvalue weighted by Crippen LogP contribution is 2.40. The predicted octanol–water partition coefficient (Wildman–Crippen LogP) is -0.413. The molecule has 3 aliphatic heterocycles. The number of amides is 3. The molecule has 1 N–H and O–H groups in total. The summed E-state index contributed by atoms with van der Waals surface area (Å²) in [7, 11) is 0.768. The summed E-state index contributed by atoms with van der Waals surface area (Å²) in [5.74, 6) is -1.00. The van der Waals surface area contributed by atoms with Crippen LogP contribution in [0.5, 0.6) is 0 Å². The van der Waals surface area contributed by atoms with Crippen molar-refractivity contribution < 1.29 is 22.8 Å². The van der Waals surface area contributed by atoms with Gasteiger partial charge in [-0.15, -0.1) is 0 Å². The SMILES string of the molecule is CN1CC(=O)NC1=NC(=O)CN1C(=O)C2CCCCN2c2ccc(S(=O)(=O)N(C)C)cc21. The molecule has 1 atom stereocenters. The molecule has 3 heterocycles. The molecule has 0 spiro atoms. The lowest BCUT2D eigenvalue weighted by Crippen LogP contribution is -2.56. The Morgan fingerprint density at radius 3 is 2.62 bits per heavy atom. The summed E-state index contributed by atoms with van der Waals surface area (Å²) < 4.78 is 26.5. The molecule has 4 rings (SSSR count). The molecule has 11 nitrogen and oxygen atoms in total. The minimum Gasteiger partial charge on any atom is -0.358 e. The summed E-state index contributed by atoms with van der Waals surface area (Å²) in [5.41, 5.74) is 1.09. The van der Waals surface area contributed by atoms with E-state index in [0.717, 1.165) is 22.8 Å². The number of aliphatic imine (C=N–C) groups is 1. The molecule has 0 aliphatic carbocycles. The van der Waals surface area contributed by atoms with E-state index in [0.29, 0.717) is 18.7 Å². The van der Waals surface area contributed by atoms with Crippen molar-refractivity contribution >= 4 is 45.1 Å². The third-order valence-electron chi connectivity index (χ3n) is 5.90. The first-order chi connectivity index (χ1) is 15.1. The fourth-order valence-corrected chi connectivity index (χ4v) is 5.15. The molecule has 32 heavy (non-hydrogen) atoms. The largest absolute Gasteiger partial charge is 0.358 e. The van der Waals surface area contributed by atoms with Gasteiger partial charge in [-0.25, -0.2) is 12.7 Å². The Morgan fingerprint density at radius 1 is 1.22 bits per heavy atom. The van der Waals surface area contributed by atoms with E-state index in [1.807, 2.05) is 4.90 Å². The number of rotatable bonds is 4. The van der Waals surface area contributed by atoms with Crippen molar-refractivity contribution in [2.45, 2.75) is 30.2 Å². The van der Waals surface area contributed by atoms with Gasteiger partial charge in [0.1, 0.15) is 12.6 Å². The maximum absolute atomic E-state index is 13.3. The number of carbonyl (C=O) groups excluding carboxylic acids is 3. The van der Waals surface area contributed by atoms with Crippen LogP contribution >= 0.6 is 0 Å². The fraction of sp³-hybridized carbons (Fsp3) is 0.500. The number of fused-ring (bicyclic) bond motifs is 3. The second-order valence-electron chi connectivity index (χ2n) is 8.30. The van der Waals surface area contributed by atoms with E-state index in [1.165, 1.54) is 36.0 Å². The summed E-state index contributed by atoms with van der Waals surface area (Å²) in [6.45, 7) is 0.430. The summed E-state index contributed by atoms with van der Waals surface area (Å²) in [6, 6.07) is 4.27. The maximum atomic E-state index is 13.3. The Balaban J connectivity index is 1.73. The van der Waals surface area contributed by atoms with Gasteiger partial charge < -0.3 is 9.80 Å². The summed E-state index contributed by atoms with van der Waals surface area (Å²) in [4.78, 5) is 46.4. The van der Waals surface area contributed by atoms with Gasteiger partial charge in [-0.3, -0.25) is 24.6 Å². The lowest BCUT2D eigenvalue weighted by molar-refractivity contribution is -0.123. The van der Waals surface area contributed by atoms with Gasteiger partial charge in [-0.2, -0.15) is 4.99 Å². The van der Waals surface area contributed by atoms with E-state index in [1.54, 1.807) is 13.1 Å². The standard InChI is InChI=1S/C20H26N6O5S/c1-23(2)32(30,31)13-7-8-14-16(10-13)26(19(29)15-6-4-5-9-25(14)15)12-18(28)22-20-21-17(27)11-24(20)3/h7-8,10,15H,4-6,9,11-12H2,1-3H3,(H,21,22,27,28). The lowest BCUT2D eigenvalue weighted by atomic mass is 9.96. The van der Waals surface area contributed by atoms with Crippen molar-refractivity contribution in [3.8, 4) is 0 Å². The maximum Gasteiger partial charge on any atom is 0.268 e. The number of hydrogen-bond donors (Lipinski definition) is 1. The Morgan fingerprint density at radius 2 is 1.97 bits per heavy atom. The Bertz CT molecular complexity index is 1120. The van der Waals surface area contributed by atoms with E-state index in [-0.39, 0.29) is 35.8 Å². The molecule has 1 aromatic rings. The molecule has 12 heteroatoms. The first-order valence-corrected chi connectivity index (χ1v) is 11.8. The number of likely N-dealkylation sites (N-methyl/N-ethyl adjacent to an activating group) is 1. The van der Waals surface area contributed by atoms with E-state index >= 15 is 0 Å². The minimum absolute atomic E-state index is 0.0380. The van der Waals surface area contributed by atoms with Gasteiger partial charge >= 0.3 is 0 Å². The summed E-state index contributed by atoms with van der Waals surface area (Å²) in [6.07, 6.45) is 2.49. The average Bonchev–Trinajstić information content (AvgIpc) is 3.06. The van der Waals surface area contributed by atoms with Gasteiger partial charge in [0.2, 0.25) is 27.8 Å². The molecular weight excluding hydrogens is 436 g/mol. The van der Waals surface area contributed by atoms with Crippen LogP contribution in [0, 0.1) is 0 Å². The fourth-order valence-electron chi connectivity index (χ4n) is 4.22. The van der Waals surface area contributed by atoms with Crippen LogP contribution in [0.15, 0.2) is 28.1 Å². The number of nitrogens with one attached hydrogen (secondary N) is 1. The molecule has 1 aromatic carbocycles. The minimum atomic E-state index is -3.73. The highest BCUT2D eigenvalue weighted by atomic mass is 32.2. The molecule has 1 unspecified atom stereocenters. The van der Waals surface area contributed by atoms with Crippen molar-refractivity contribution in [3.63, 3.8) is 0 Å². The van der Waals surface area contributed by atoms with Crippen LogP contribution in [0.2, 0.25) is 0 Å². The normalized spacial score (nSPS) is 22.3. The number of nitrogens with zero attached hydrogens (tertiary/aromatic N) is 5. The van der Waals surface area contributed by atoms with Crippen molar-refractivity contribution in [3.05, 3.63) is 18.2 Å². The zero-order valence-corrected chi connectivity index (χ0v) is 19.1. The van der Waals surface area contributed by atoms with Crippen molar-refractivity contribution in [1.82, 2.24) is 14.5 Å². The average molecular weight is 463 g/mol. The highest BCUT2D eigenvalue weighted by Gasteiger charge is 2.40. The van der Waals surface area contributed by atoms with E-state index < -0.39 is 22.0 Å². The summed E-state index contributed by atoms with van der Waals surface area (Å²) >= 11 is 0. The van der Waals surface area contributed by atoms with Crippen LogP contribution in [0.3, 0.4) is 0 Å². The Labute approximate surface area is 186 Å². The predicted molar refractivity (Wildman–Crippen MR) is 118 cm³/mol. The number of anilines is 2. The van der Waals surface area contributed by atoms with Crippen LogP contribution < -0.4 is 15.1 Å². The third kappa shape index (κ3) is 3.84. The molecule has 172 valence electrons. The van der Waals surface area contributed by atoms with Crippen molar-refractivity contribution in [2.75, 3.05) is 50.6 Å². The number of carbonyl (C=O) groups is 3. The van der Waals surface area contributed by atoms with E-state index in [2.05, 4.69) is 10.3 Å². The smallest absolute Gasteiger partial charge is 0.268 e. The van der Waals surface area contributed by atoms with Gasteiger partial charge in [-0.1, -0.05) is 0 Å². The molecule has 2 fully saturated rings. The highest BCUT2D eigenvalue weighted by molar-refractivity contribution is 7.89. The van der Waals surface area contributed by atoms with Crippen molar-refractivity contribution in [1.29, 1.82) is 0 Å². The van der Waals surface area contributed by atoms with E-state index in [9.17, 15) is 22.8 Å². The first kappa shape index (κ1) is 22.2. The monoisotopic (exact) mass is 462 g/mol. The molecule has 3 amide bonds. The van der Waals surface area contributed by atoms with Crippen LogP contribution in [-0.2, 0) is 24.4 Å². The Kier molecular flexibility index (Phi) is 5.67. The zero-order chi connectivity index (χ0) is 23.2. The molecular formula is C20H26N6O5S. The van der Waals surface area contributed by atoms with Gasteiger partial charge in [-0.05, 0) is 37.5 Å². The second-order valence-corrected chi connectivity index (χ2v) is 10.5. The Hall–Kier alpha value is -2.99. The topological polar surface area (TPSA) is 123 Å². The quantitative estimate of drug-likeness (QED) is 0.645. The van der Waals surface area contributed by atoms with Crippen LogP contribution in [0.25, 0.3) is 0 Å². The van der Waals surface area contributed by atoms with Crippen molar-refractivity contribution in [2.24, 2.45) is 4.99 Å². The summed E-state index contributed by atoms with van der Waals surface area (Å²) in [5, 5.41) is 2.51.